The van der Waals surface area contributed by atoms with Gasteiger partial charge in [-0.3, -0.25) is 9.59 Å². The molecule has 2 aromatic carbocycles. The van der Waals surface area contributed by atoms with Crippen molar-refractivity contribution in [1.29, 1.82) is 0 Å². The van der Waals surface area contributed by atoms with Crippen LogP contribution in [0.25, 0.3) is 10.8 Å². The number of rotatable bonds is 5. The molecule has 0 heterocycles. The lowest BCUT2D eigenvalue weighted by atomic mass is 9.53. The highest BCUT2D eigenvalue weighted by Gasteiger charge is 2.58. The molecule has 0 aliphatic heterocycles. The van der Waals surface area contributed by atoms with Crippen molar-refractivity contribution in [3.63, 3.8) is 0 Å². The Hall–Kier alpha value is -2.36. The van der Waals surface area contributed by atoms with E-state index in [1.165, 1.54) is 10.9 Å². The number of ether oxygens (including phenoxy) is 2. The van der Waals surface area contributed by atoms with Crippen molar-refractivity contribution in [3.05, 3.63) is 42.0 Å². The molecular weight excluding hydrogens is 424 g/mol. The number of hydrogen-bond donors (Lipinski definition) is 0. The van der Waals surface area contributed by atoms with E-state index in [1.807, 2.05) is 6.07 Å². The summed E-state index contributed by atoms with van der Waals surface area (Å²) in [7, 11) is 1.69. The van der Waals surface area contributed by atoms with E-state index in [-0.39, 0.29) is 35.1 Å². The Kier molecular flexibility index (Phi) is 5.98. The maximum absolute atomic E-state index is 13.6. The quantitative estimate of drug-likeness (QED) is 0.468. The molecular formula is C30H38O4. The van der Waals surface area contributed by atoms with Crippen LogP contribution in [0.1, 0.15) is 77.7 Å². The van der Waals surface area contributed by atoms with Gasteiger partial charge in [0.1, 0.15) is 17.6 Å². The number of fused-ring (bicyclic) bond motifs is 2. The Labute approximate surface area is 203 Å². The van der Waals surface area contributed by atoms with E-state index in [9.17, 15) is 9.59 Å². The summed E-state index contributed by atoms with van der Waals surface area (Å²) in [6.45, 7) is 6.86. The highest BCUT2D eigenvalue weighted by atomic mass is 16.5. The number of hydrogen-bond acceptors (Lipinski definition) is 4. The Balaban J connectivity index is 1.41. The summed E-state index contributed by atoms with van der Waals surface area (Å²) in [5.74, 6) is 1.73. The molecule has 3 fully saturated rings. The minimum atomic E-state index is -0.535. The Morgan fingerprint density at radius 1 is 1.03 bits per heavy atom. The van der Waals surface area contributed by atoms with E-state index in [4.69, 9.17) is 9.47 Å². The van der Waals surface area contributed by atoms with Crippen molar-refractivity contribution in [2.75, 3.05) is 7.11 Å². The predicted octanol–water partition coefficient (Wildman–Crippen LogP) is 6.62. The highest BCUT2D eigenvalue weighted by Crippen LogP contribution is 2.55. The molecule has 0 bridgehead atoms. The number of ketones is 1. The number of methoxy groups -OCH3 is 1. The summed E-state index contributed by atoms with van der Waals surface area (Å²) in [4.78, 5) is 26.0. The van der Waals surface area contributed by atoms with Crippen LogP contribution in [0.2, 0.25) is 0 Å². The normalized spacial score (nSPS) is 31.5. The highest BCUT2D eigenvalue weighted by molar-refractivity contribution is 5.92. The minimum Gasteiger partial charge on any atom is -0.497 e. The SMILES string of the molecule is COc1ccc2cc(C(C)(C)[C@@H]3CC[C@@H](C)C[C@H]3OC(=O)[C@@]34CCCC(=O)[C@H]3CC4)ccc2c1. The van der Waals surface area contributed by atoms with Crippen molar-refractivity contribution in [1.82, 2.24) is 0 Å². The summed E-state index contributed by atoms with van der Waals surface area (Å²) in [6, 6.07) is 12.9. The first-order valence-corrected chi connectivity index (χ1v) is 13.1. The lowest BCUT2D eigenvalue weighted by Gasteiger charge is -2.51. The van der Waals surface area contributed by atoms with Gasteiger partial charge in [0, 0.05) is 18.3 Å². The Morgan fingerprint density at radius 2 is 1.79 bits per heavy atom. The smallest absolute Gasteiger partial charge is 0.313 e. The number of carbonyl (C=O) groups is 2. The first-order valence-electron chi connectivity index (χ1n) is 13.1. The van der Waals surface area contributed by atoms with Crippen LogP contribution in [-0.2, 0) is 19.7 Å². The molecule has 5 rings (SSSR count). The van der Waals surface area contributed by atoms with Gasteiger partial charge in [-0.1, -0.05) is 51.5 Å². The Bertz CT molecular complexity index is 1100. The maximum Gasteiger partial charge on any atom is 0.313 e. The number of Topliss-reactive ketones (excluding diaryl/α,β-unsaturated/α-hetero) is 1. The predicted molar refractivity (Wildman–Crippen MR) is 134 cm³/mol. The van der Waals surface area contributed by atoms with E-state index in [0.29, 0.717) is 12.3 Å². The molecule has 182 valence electrons. The first-order chi connectivity index (χ1) is 16.2. The van der Waals surface area contributed by atoms with Crippen LogP contribution >= 0.6 is 0 Å². The second-order valence-corrected chi connectivity index (χ2v) is 11.7. The van der Waals surface area contributed by atoms with Crippen LogP contribution < -0.4 is 4.74 Å². The average molecular weight is 463 g/mol. The zero-order chi connectivity index (χ0) is 24.1. The summed E-state index contributed by atoms with van der Waals surface area (Å²) in [5.41, 5.74) is 0.601. The fourth-order valence-electron chi connectivity index (χ4n) is 7.01. The van der Waals surface area contributed by atoms with E-state index in [1.54, 1.807) is 7.11 Å². The molecule has 2 aromatic rings. The van der Waals surface area contributed by atoms with Gasteiger partial charge in [0.15, 0.2) is 0 Å². The van der Waals surface area contributed by atoms with Crippen LogP contribution in [0.15, 0.2) is 36.4 Å². The molecule has 0 radical (unpaired) electrons. The van der Waals surface area contributed by atoms with E-state index < -0.39 is 5.41 Å². The molecule has 0 N–H and O–H groups in total. The molecule has 0 unspecified atom stereocenters. The summed E-state index contributed by atoms with van der Waals surface area (Å²) in [6.07, 6.45) is 6.92. The minimum absolute atomic E-state index is 0.0951. The summed E-state index contributed by atoms with van der Waals surface area (Å²) < 4.78 is 11.8. The monoisotopic (exact) mass is 462 g/mol. The maximum atomic E-state index is 13.6. The Morgan fingerprint density at radius 3 is 2.53 bits per heavy atom. The molecule has 4 nitrogen and oxygen atoms in total. The summed E-state index contributed by atoms with van der Waals surface area (Å²) in [5, 5.41) is 2.36. The van der Waals surface area contributed by atoms with Gasteiger partial charge in [0.05, 0.1) is 12.5 Å². The third-order valence-electron chi connectivity index (χ3n) is 9.42. The largest absolute Gasteiger partial charge is 0.497 e. The van der Waals surface area contributed by atoms with Crippen LogP contribution in [0, 0.1) is 23.2 Å². The standard InChI is InChI=1S/C30H38O4/c1-19-7-12-25(27(16-19)34-28(32)30-14-5-6-26(31)24(30)13-15-30)29(2,3)22-10-8-21-18-23(33-4)11-9-20(21)17-22/h8-11,17-19,24-25,27H,5-7,12-16H2,1-4H3/t19-,24-,25-,27-,30-/m1/s1. The van der Waals surface area contributed by atoms with Crippen molar-refractivity contribution < 1.29 is 19.1 Å². The van der Waals surface area contributed by atoms with Gasteiger partial charge < -0.3 is 9.47 Å². The van der Waals surface area contributed by atoms with Crippen LogP contribution in [0.4, 0.5) is 0 Å². The van der Waals surface area contributed by atoms with Gasteiger partial charge in [-0.15, -0.1) is 0 Å². The molecule has 3 aliphatic rings. The molecule has 4 heteroatoms. The second-order valence-electron chi connectivity index (χ2n) is 11.7. The number of esters is 1. The van der Waals surface area contributed by atoms with E-state index >= 15 is 0 Å². The molecule has 3 aliphatic carbocycles. The molecule has 0 spiro atoms. The fourth-order valence-corrected chi connectivity index (χ4v) is 7.01. The molecule has 0 aromatic heterocycles. The zero-order valence-electron chi connectivity index (χ0n) is 21.1. The van der Waals surface area contributed by atoms with E-state index in [0.717, 1.165) is 56.1 Å². The van der Waals surface area contributed by atoms with Crippen molar-refractivity contribution in [2.24, 2.45) is 23.2 Å². The van der Waals surface area contributed by atoms with Crippen molar-refractivity contribution in [3.8, 4) is 5.75 Å². The molecule has 0 amide bonds. The van der Waals surface area contributed by atoms with Gasteiger partial charge >= 0.3 is 5.97 Å². The molecule has 3 saturated carbocycles. The lowest BCUT2D eigenvalue weighted by Crippen LogP contribution is -2.55. The average Bonchev–Trinajstić information content (AvgIpc) is 2.79. The number of benzene rings is 2. The van der Waals surface area contributed by atoms with Gasteiger partial charge in [-0.25, -0.2) is 0 Å². The zero-order valence-corrected chi connectivity index (χ0v) is 21.1. The third kappa shape index (κ3) is 3.83. The molecule has 5 atom stereocenters. The third-order valence-corrected chi connectivity index (χ3v) is 9.42. The van der Waals surface area contributed by atoms with Gasteiger partial charge in [-0.05, 0) is 78.3 Å². The summed E-state index contributed by atoms with van der Waals surface area (Å²) >= 11 is 0. The van der Waals surface area contributed by atoms with Gasteiger partial charge in [0.2, 0.25) is 0 Å². The van der Waals surface area contributed by atoms with Gasteiger partial charge in [-0.2, -0.15) is 0 Å². The second kappa shape index (κ2) is 8.70. The first kappa shape index (κ1) is 23.4. The van der Waals surface area contributed by atoms with Crippen LogP contribution in [-0.4, -0.2) is 25.0 Å². The van der Waals surface area contributed by atoms with Gasteiger partial charge in [0.25, 0.3) is 0 Å². The van der Waals surface area contributed by atoms with E-state index in [2.05, 4.69) is 51.1 Å². The van der Waals surface area contributed by atoms with Crippen molar-refractivity contribution >= 4 is 22.5 Å². The molecule has 0 saturated heterocycles. The lowest BCUT2D eigenvalue weighted by molar-refractivity contribution is -0.187. The van der Waals surface area contributed by atoms with Crippen molar-refractivity contribution in [2.45, 2.75) is 83.7 Å². The number of carbonyl (C=O) groups excluding carboxylic acids is 2. The molecule has 34 heavy (non-hydrogen) atoms. The van der Waals surface area contributed by atoms with Crippen LogP contribution in [0.3, 0.4) is 0 Å². The fraction of sp³-hybridized carbons (Fsp3) is 0.600. The van der Waals surface area contributed by atoms with Crippen LogP contribution in [0.5, 0.6) is 5.75 Å². The topological polar surface area (TPSA) is 52.6 Å².